The molecule has 4 rings (SSSR count). The summed E-state index contributed by atoms with van der Waals surface area (Å²) in [7, 11) is 0. The third kappa shape index (κ3) is 12.0. The summed E-state index contributed by atoms with van der Waals surface area (Å²) in [4.78, 5) is 61.5. The molecule has 0 radical (unpaired) electrons. The highest BCUT2D eigenvalue weighted by Crippen LogP contribution is 2.39. The normalized spacial score (nSPS) is 41.4. The van der Waals surface area contributed by atoms with Gasteiger partial charge in [0, 0.05) is 33.6 Å². The first kappa shape index (κ1) is 55.1. The molecule has 0 bridgehead atoms. The maximum atomic E-state index is 12.8. The van der Waals surface area contributed by atoms with Crippen LogP contribution < -0.4 is 26.2 Å². The number of hydrogen-bond acceptors (Lipinski definition) is 27. The highest BCUT2D eigenvalue weighted by atomic mass is 16.8. The van der Waals surface area contributed by atoms with Crippen molar-refractivity contribution < 1.29 is 134 Å². The Labute approximate surface area is 373 Å². The molecular weight excluding hydrogens is 906 g/mol. The second-order valence-electron chi connectivity index (χ2n) is 16.2. The SMILES string of the molecule is CC(=O)N[C@H]1[C@H]([C@H](O)[C@H](O)CO)O[C@@](OC[C@H]2OC(O)[C@H](NC(C)=O)[C@@H](O[C@@H]3O[C@H](CO)[C@H](O)[C@H](O[C@]4(C(=O)[O-])C[C@H](O)[C@@H](NC(C)=O)[C@H]([C@H](O)[C@H](O)CO)O4)[C@H]3O)[C@@H]2O)(C(=O)[O-])C[C@@H]1O. The number of aliphatic hydroxyl groups is 13. The Morgan fingerprint density at radius 1 is 0.636 bits per heavy atom. The van der Waals surface area contributed by atoms with Crippen molar-refractivity contribution in [1.82, 2.24) is 16.0 Å². The summed E-state index contributed by atoms with van der Waals surface area (Å²) >= 11 is 0. The summed E-state index contributed by atoms with van der Waals surface area (Å²) in [5.74, 6) is -13.5. The van der Waals surface area contributed by atoms with E-state index in [0.29, 0.717) is 0 Å². The van der Waals surface area contributed by atoms with E-state index in [1.54, 1.807) is 0 Å². The second-order valence-corrected chi connectivity index (χ2v) is 16.2. The molecule has 66 heavy (non-hydrogen) atoms. The van der Waals surface area contributed by atoms with Crippen LogP contribution in [0, 0.1) is 0 Å². The van der Waals surface area contributed by atoms with Crippen LogP contribution in [0.3, 0.4) is 0 Å². The smallest absolute Gasteiger partial charge is 0.217 e. The minimum Gasteiger partial charge on any atom is -0.544 e. The van der Waals surface area contributed by atoms with Crippen LogP contribution in [0.25, 0.3) is 0 Å². The number of nitrogens with one attached hydrogen (secondary N) is 3. The van der Waals surface area contributed by atoms with Crippen molar-refractivity contribution in [3.8, 4) is 0 Å². The van der Waals surface area contributed by atoms with Gasteiger partial charge in [-0.15, -0.1) is 0 Å². The summed E-state index contributed by atoms with van der Waals surface area (Å²) in [6.07, 6.45) is -38.7. The number of carboxylic acids is 2. The molecule has 1 unspecified atom stereocenters. The lowest BCUT2D eigenvalue weighted by molar-refractivity contribution is -0.410. The lowest BCUT2D eigenvalue weighted by Crippen LogP contribution is -2.72. The van der Waals surface area contributed by atoms with Crippen molar-refractivity contribution in [3.05, 3.63) is 0 Å². The number of carbonyl (C=O) groups excluding carboxylic acids is 5. The fraction of sp³-hybridized carbons (Fsp3) is 0.861. The van der Waals surface area contributed by atoms with Crippen molar-refractivity contribution in [2.75, 3.05) is 26.4 Å². The van der Waals surface area contributed by atoms with E-state index >= 15 is 0 Å². The monoisotopic (exact) mass is 963 g/mol. The van der Waals surface area contributed by atoms with Crippen LogP contribution >= 0.6 is 0 Å². The number of ether oxygens (including phenoxy) is 7. The lowest BCUT2D eigenvalue weighted by atomic mass is 9.88. The number of carbonyl (C=O) groups is 5. The van der Waals surface area contributed by atoms with Crippen LogP contribution in [-0.4, -0.2) is 256 Å². The number of hydrogen-bond donors (Lipinski definition) is 16. The van der Waals surface area contributed by atoms with Gasteiger partial charge in [-0.05, 0) is 0 Å². The largest absolute Gasteiger partial charge is 0.544 e. The van der Waals surface area contributed by atoms with Crippen molar-refractivity contribution in [1.29, 1.82) is 0 Å². The van der Waals surface area contributed by atoms with Gasteiger partial charge >= 0.3 is 0 Å². The molecule has 380 valence electrons. The molecule has 4 aliphatic rings. The molecule has 0 aromatic carbocycles. The summed E-state index contributed by atoms with van der Waals surface area (Å²) in [5, 5.41) is 170. The van der Waals surface area contributed by atoms with Crippen LogP contribution in [0.2, 0.25) is 0 Å². The number of carboxylic acid groups (broad SMARTS) is 2. The molecule has 0 aromatic heterocycles. The van der Waals surface area contributed by atoms with Crippen molar-refractivity contribution in [2.45, 2.75) is 167 Å². The Morgan fingerprint density at radius 3 is 1.52 bits per heavy atom. The third-order valence-electron chi connectivity index (χ3n) is 11.3. The van der Waals surface area contributed by atoms with Crippen molar-refractivity contribution in [2.24, 2.45) is 0 Å². The fourth-order valence-electron chi connectivity index (χ4n) is 8.03. The second kappa shape index (κ2) is 22.8. The molecule has 22 atom stereocenters. The zero-order valence-electron chi connectivity index (χ0n) is 35.3. The molecule has 16 N–H and O–H groups in total. The lowest BCUT2D eigenvalue weighted by Gasteiger charge is -2.52. The topological polar surface area (TPSA) is 495 Å². The summed E-state index contributed by atoms with van der Waals surface area (Å²) < 4.78 is 38.7. The molecular formula is C36H57N3O27-2. The highest BCUT2D eigenvalue weighted by molar-refractivity contribution is 5.76. The van der Waals surface area contributed by atoms with Crippen LogP contribution in [0.5, 0.6) is 0 Å². The molecule has 0 aliphatic carbocycles. The fourth-order valence-corrected chi connectivity index (χ4v) is 8.03. The number of aliphatic hydroxyl groups excluding tert-OH is 13. The first-order valence-corrected chi connectivity index (χ1v) is 20.3. The summed E-state index contributed by atoms with van der Waals surface area (Å²) in [6, 6.07) is -5.15. The maximum absolute atomic E-state index is 12.8. The van der Waals surface area contributed by atoms with Gasteiger partial charge in [-0.25, -0.2) is 0 Å². The van der Waals surface area contributed by atoms with E-state index in [2.05, 4.69) is 16.0 Å². The Morgan fingerprint density at radius 2 is 1.08 bits per heavy atom. The van der Waals surface area contributed by atoms with Gasteiger partial charge in [-0.3, -0.25) is 14.4 Å². The average molecular weight is 964 g/mol. The maximum Gasteiger partial charge on any atom is 0.217 e. The Hall–Kier alpha value is -3.45. The minimum atomic E-state index is -3.31. The van der Waals surface area contributed by atoms with Gasteiger partial charge in [0.2, 0.25) is 29.3 Å². The number of rotatable bonds is 19. The van der Waals surface area contributed by atoms with E-state index in [1.807, 2.05) is 0 Å². The molecule has 0 saturated carbocycles. The number of aliphatic carboxylic acids is 2. The Kier molecular flexibility index (Phi) is 19.0. The molecule has 0 aromatic rings. The Bertz CT molecular complexity index is 1680. The van der Waals surface area contributed by atoms with Crippen molar-refractivity contribution in [3.63, 3.8) is 0 Å². The molecule has 4 saturated heterocycles. The van der Waals surface area contributed by atoms with Crippen molar-refractivity contribution >= 4 is 29.7 Å². The molecule has 30 heteroatoms. The van der Waals surface area contributed by atoms with E-state index in [4.69, 9.17) is 33.2 Å². The molecule has 4 aliphatic heterocycles. The van der Waals surface area contributed by atoms with Gasteiger partial charge in [-0.1, -0.05) is 0 Å². The first-order chi connectivity index (χ1) is 30.8. The zero-order chi connectivity index (χ0) is 49.7. The van der Waals surface area contributed by atoms with Gasteiger partial charge < -0.3 is 135 Å². The molecule has 0 spiro atoms. The van der Waals surface area contributed by atoms with Gasteiger partial charge in [-0.2, -0.15) is 0 Å². The third-order valence-corrected chi connectivity index (χ3v) is 11.3. The van der Waals surface area contributed by atoms with E-state index < -0.39 is 203 Å². The summed E-state index contributed by atoms with van der Waals surface area (Å²) in [5.41, 5.74) is 0. The van der Waals surface area contributed by atoms with Crippen LogP contribution in [0.4, 0.5) is 0 Å². The predicted molar refractivity (Wildman–Crippen MR) is 198 cm³/mol. The van der Waals surface area contributed by atoms with Crippen LogP contribution in [0.15, 0.2) is 0 Å². The molecule has 3 amide bonds. The Balaban J connectivity index is 1.66. The molecule has 4 fully saturated rings. The zero-order valence-corrected chi connectivity index (χ0v) is 35.3. The van der Waals surface area contributed by atoms with E-state index in [1.165, 1.54) is 0 Å². The first-order valence-electron chi connectivity index (χ1n) is 20.3. The highest BCUT2D eigenvalue weighted by Gasteiger charge is 2.59. The summed E-state index contributed by atoms with van der Waals surface area (Å²) in [6.45, 7) is -1.68. The van der Waals surface area contributed by atoms with E-state index in [0.717, 1.165) is 20.8 Å². The van der Waals surface area contributed by atoms with Gasteiger partial charge in [0.1, 0.15) is 97.3 Å². The quantitative estimate of drug-likeness (QED) is 0.0571. The van der Waals surface area contributed by atoms with Gasteiger partial charge in [0.25, 0.3) is 0 Å². The minimum absolute atomic E-state index is 0.808. The predicted octanol–water partition coefficient (Wildman–Crippen LogP) is -13.6. The molecule has 30 nitrogen and oxygen atoms in total. The van der Waals surface area contributed by atoms with E-state index in [-0.39, 0.29) is 0 Å². The average Bonchev–Trinajstić information content (AvgIpc) is 3.24. The van der Waals surface area contributed by atoms with Crippen LogP contribution in [0.1, 0.15) is 33.6 Å². The van der Waals surface area contributed by atoms with Crippen LogP contribution in [-0.2, 0) is 57.1 Å². The van der Waals surface area contributed by atoms with E-state index in [9.17, 15) is 101 Å². The number of amides is 3. The standard InChI is InChI=1S/C36H59N3O27/c1-10(43)37-19-13(46)4-35(33(56)57,64-28(19)22(50)15(48)6-40)60-9-18-25(53)27(21(31(55)61-18)39-12(3)45)63-32-26(54)30(24(52)17(8-42)62-32)66-36(34(58)59)5-14(47)20(38-11(2)44)29(65-36)23(51)16(49)7-41/h13-32,40-42,46-55H,4-9H2,1-3H3,(H,37,43)(H,38,44)(H,39,45)(H,56,57)(H,58,59)/p-2/t13-,14-,15+,16+,17+,18+,19+,20+,21+,22+,23+,24-,25+,26+,27+,28+,29+,30-,31?,32-,35+,36-/m0/s1. The van der Waals surface area contributed by atoms with Gasteiger partial charge in [0.05, 0.1) is 50.7 Å². The molecule has 4 heterocycles. The van der Waals surface area contributed by atoms with Gasteiger partial charge in [0.15, 0.2) is 12.6 Å².